The fourth-order valence-corrected chi connectivity index (χ4v) is 3.49. The van der Waals surface area contributed by atoms with Gasteiger partial charge < -0.3 is 10.6 Å². The molecule has 1 aliphatic heterocycles. The maximum Gasteiger partial charge on any atom is 0.256 e. The number of nitrogens with two attached hydrogens (primary N) is 1. The summed E-state index contributed by atoms with van der Waals surface area (Å²) < 4.78 is 0. The number of hydrogen-bond acceptors (Lipinski definition) is 2. The minimum atomic E-state index is 0.159. The Balaban J connectivity index is 1.86. The Labute approximate surface area is 114 Å². The van der Waals surface area contributed by atoms with Crippen LogP contribution >= 0.6 is 0 Å². The Hall–Kier alpha value is -1.51. The van der Waals surface area contributed by atoms with Crippen LogP contribution in [0.2, 0.25) is 0 Å². The molecule has 1 saturated carbocycles. The van der Waals surface area contributed by atoms with Gasteiger partial charge in [0.25, 0.3) is 5.91 Å². The Bertz CT molecular complexity index is 476. The molecule has 3 rings (SSSR count). The molecular formula is C16H22N2O. The van der Waals surface area contributed by atoms with Crippen LogP contribution in [0.1, 0.15) is 54.4 Å². The van der Waals surface area contributed by atoms with E-state index in [1.165, 1.54) is 25.7 Å². The van der Waals surface area contributed by atoms with Crippen molar-refractivity contribution in [2.45, 2.75) is 51.0 Å². The summed E-state index contributed by atoms with van der Waals surface area (Å²) in [6.45, 7) is 0.861. The van der Waals surface area contributed by atoms with Crippen molar-refractivity contribution in [3.63, 3.8) is 0 Å². The van der Waals surface area contributed by atoms with Gasteiger partial charge in [-0.3, -0.25) is 4.79 Å². The van der Waals surface area contributed by atoms with Crippen molar-refractivity contribution in [2.75, 3.05) is 12.3 Å². The fourth-order valence-electron chi connectivity index (χ4n) is 3.49. The van der Waals surface area contributed by atoms with Gasteiger partial charge in [-0.05, 0) is 30.9 Å². The average molecular weight is 258 g/mol. The van der Waals surface area contributed by atoms with Crippen LogP contribution in [-0.2, 0) is 6.42 Å². The topological polar surface area (TPSA) is 46.3 Å². The summed E-state index contributed by atoms with van der Waals surface area (Å²) in [5, 5.41) is 0. The third kappa shape index (κ3) is 2.34. The van der Waals surface area contributed by atoms with Crippen LogP contribution in [0.25, 0.3) is 0 Å². The van der Waals surface area contributed by atoms with Crippen molar-refractivity contribution in [1.82, 2.24) is 4.90 Å². The second-order valence-corrected chi connectivity index (χ2v) is 5.78. The summed E-state index contributed by atoms with van der Waals surface area (Å²) >= 11 is 0. The van der Waals surface area contributed by atoms with Gasteiger partial charge >= 0.3 is 0 Å². The third-order valence-electron chi connectivity index (χ3n) is 4.55. The number of fused-ring (bicyclic) bond motifs is 1. The maximum atomic E-state index is 12.7. The number of carbonyl (C=O) groups excluding carboxylic acids is 1. The molecule has 0 atom stereocenters. The van der Waals surface area contributed by atoms with Gasteiger partial charge in [-0.2, -0.15) is 0 Å². The van der Waals surface area contributed by atoms with E-state index in [1.807, 2.05) is 18.2 Å². The largest absolute Gasteiger partial charge is 0.398 e. The van der Waals surface area contributed by atoms with E-state index >= 15 is 0 Å². The zero-order valence-electron chi connectivity index (χ0n) is 11.4. The van der Waals surface area contributed by atoms with Crippen LogP contribution in [0.5, 0.6) is 0 Å². The number of amides is 1. The Morgan fingerprint density at radius 3 is 2.58 bits per heavy atom. The molecule has 3 nitrogen and oxygen atoms in total. The quantitative estimate of drug-likeness (QED) is 0.622. The van der Waals surface area contributed by atoms with Crippen LogP contribution in [0, 0.1) is 0 Å². The van der Waals surface area contributed by atoms with Crippen LogP contribution in [0.4, 0.5) is 5.69 Å². The Morgan fingerprint density at radius 1 is 1.11 bits per heavy atom. The van der Waals surface area contributed by atoms with E-state index in [2.05, 4.69) is 4.90 Å². The molecule has 1 fully saturated rings. The monoisotopic (exact) mass is 258 g/mol. The van der Waals surface area contributed by atoms with Crippen LogP contribution in [0.3, 0.4) is 0 Å². The van der Waals surface area contributed by atoms with Crippen LogP contribution < -0.4 is 5.73 Å². The number of carbonyl (C=O) groups is 1. The molecule has 19 heavy (non-hydrogen) atoms. The lowest BCUT2D eigenvalue weighted by atomic mass is 9.94. The molecular weight excluding hydrogens is 236 g/mol. The minimum Gasteiger partial charge on any atom is -0.398 e. The number of anilines is 1. The maximum absolute atomic E-state index is 12.7. The summed E-state index contributed by atoms with van der Waals surface area (Å²) in [4.78, 5) is 14.8. The molecule has 0 unspecified atom stereocenters. The van der Waals surface area contributed by atoms with Gasteiger partial charge in [0.05, 0.1) is 5.56 Å². The lowest BCUT2D eigenvalue weighted by Gasteiger charge is -2.35. The molecule has 0 spiro atoms. The number of rotatable bonds is 1. The Morgan fingerprint density at radius 2 is 1.84 bits per heavy atom. The van der Waals surface area contributed by atoms with Crippen molar-refractivity contribution < 1.29 is 4.79 Å². The first-order valence-corrected chi connectivity index (χ1v) is 7.45. The van der Waals surface area contributed by atoms with Gasteiger partial charge in [0.15, 0.2) is 0 Å². The summed E-state index contributed by atoms with van der Waals surface area (Å²) in [5.74, 6) is 0.159. The predicted molar refractivity (Wildman–Crippen MR) is 77.1 cm³/mol. The number of nitrogens with zero attached hydrogens (tertiary/aromatic N) is 1. The summed E-state index contributed by atoms with van der Waals surface area (Å²) in [6.07, 6.45) is 8.41. The van der Waals surface area contributed by atoms with Crippen LogP contribution in [0.15, 0.2) is 18.2 Å². The van der Waals surface area contributed by atoms with Gasteiger partial charge in [-0.1, -0.05) is 37.8 Å². The average Bonchev–Trinajstić information content (AvgIpc) is 2.68. The van der Waals surface area contributed by atoms with E-state index < -0.39 is 0 Å². The molecule has 0 radical (unpaired) electrons. The predicted octanol–water partition coefficient (Wildman–Crippen LogP) is 2.99. The van der Waals surface area contributed by atoms with E-state index in [9.17, 15) is 4.79 Å². The lowest BCUT2D eigenvalue weighted by Crippen LogP contribution is -2.44. The van der Waals surface area contributed by atoms with Crippen molar-refractivity contribution in [1.29, 1.82) is 0 Å². The fraction of sp³-hybridized carbons (Fsp3) is 0.562. The van der Waals surface area contributed by atoms with E-state index in [-0.39, 0.29) is 5.91 Å². The zero-order valence-corrected chi connectivity index (χ0v) is 11.4. The molecule has 0 bridgehead atoms. The molecule has 102 valence electrons. The van der Waals surface area contributed by atoms with E-state index in [1.54, 1.807) is 0 Å². The van der Waals surface area contributed by atoms with Gasteiger partial charge in [-0.25, -0.2) is 0 Å². The van der Waals surface area contributed by atoms with Gasteiger partial charge in [-0.15, -0.1) is 0 Å². The molecule has 2 aliphatic rings. The van der Waals surface area contributed by atoms with Gasteiger partial charge in [0.1, 0.15) is 0 Å². The van der Waals surface area contributed by atoms with Crippen molar-refractivity contribution >= 4 is 11.6 Å². The molecule has 1 heterocycles. The second-order valence-electron chi connectivity index (χ2n) is 5.78. The first kappa shape index (κ1) is 12.5. The highest BCUT2D eigenvalue weighted by Crippen LogP contribution is 2.29. The molecule has 1 aromatic rings. The molecule has 1 amide bonds. The standard InChI is InChI=1S/C16H22N2O/c17-14-9-5-6-12-10-11-18(16(19)15(12)14)13-7-3-1-2-4-8-13/h5-6,9,13H,1-4,7-8,10-11,17H2. The normalized spacial score (nSPS) is 21.1. The molecule has 0 saturated heterocycles. The third-order valence-corrected chi connectivity index (χ3v) is 4.55. The molecule has 1 aromatic carbocycles. The highest BCUT2D eigenvalue weighted by molar-refractivity contribution is 6.01. The van der Waals surface area contributed by atoms with E-state index in [0.717, 1.165) is 36.9 Å². The highest BCUT2D eigenvalue weighted by Gasteiger charge is 2.31. The first-order valence-electron chi connectivity index (χ1n) is 7.45. The molecule has 3 heteroatoms. The Kier molecular flexibility index (Phi) is 3.45. The number of nitrogen functional groups attached to an aromatic ring is 1. The summed E-state index contributed by atoms with van der Waals surface area (Å²) in [7, 11) is 0. The van der Waals surface area contributed by atoms with Crippen molar-refractivity contribution in [3.05, 3.63) is 29.3 Å². The van der Waals surface area contributed by atoms with Gasteiger partial charge in [0.2, 0.25) is 0 Å². The van der Waals surface area contributed by atoms with E-state index in [4.69, 9.17) is 5.73 Å². The van der Waals surface area contributed by atoms with Crippen molar-refractivity contribution in [2.24, 2.45) is 0 Å². The summed E-state index contributed by atoms with van der Waals surface area (Å²) in [6, 6.07) is 6.26. The molecule has 2 N–H and O–H groups in total. The number of hydrogen-bond donors (Lipinski definition) is 1. The summed E-state index contributed by atoms with van der Waals surface area (Å²) in [5.41, 5.74) is 8.53. The van der Waals surface area contributed by atoms with Crippen LogP contribution in [-0.4, -0.2) is 23.4 Å². The smallest absolute Gasteiger partial charge is 0.256 e. The first-order chi connectivity index (χ1) is 9.27. The van der Waals surface area contributed by atoms with Gasteiger partial charge in [0, 0.05) is 18.3 Å². The molecule has 1 aliphatic carbocycles. The van der Waals surface area contributed by atoms with Crippen molar-refractivity contribution in [3.8, 4) is 0 Å². The number of benzene rings is 1. The second kappa shape index (κ2) is 5.24. The molecule has 0 aromatic heterocycles. The SMILES string of the molecule is Nc1cccc2c1C(=O)N(C1CCCCCC1)CC2. The van der Waals surface area contributed by atoms with E-state index in [0.29, 0.717) is 11.7 Å². The lowest BCUT2D eigenvalue weighted by molar-refractivity contribution is 0.0643. The minimum absolute atomic E-state index is 0.159. The highest BCUT2D eigenvalue weighted by atomic mass is 16.2. The zero-order chi connectivity index (χ0) is 13.2.